The molecular formula is C20H25N3O5. The zero-order valence-electron chi connectivity index (χ0n) is 16.1. The second-order valence-corrected chi connectivity index (χ2v) is 7.63. The highest BCUT2D eigenvalue weighted by Crippen LogP contribution is 2.42. The minimum atomic E-state index is -0.977. The number of carbonyl (C=O) groups is 4. The molecule has 0 saturated carbocycles. The number of amides is 3. The minimum Gasteiger partial charge on any atom is -0.481 e. The van der Waals surface area contributed by atoms with Crippen LogP contribution < -0.4 is 5.32 Å². The van der Waals surface area contributed by atoms with Crippen molar-refractivity contribution >= 4 is 29.4 Å². The average Bonchev–Trinajstić information content (AvgIpc) is 2.87. The van der Waals surface area contributed by atoms with Crippen LogP contribution in [0.15, 0.2) is 24.3 Å². The van der Waals surface area contributed by atoms with Crippen molar-refractivity contribution in [1.29, 1.82) is 0 Å². The maximum absolute atomic E-state index is 12.5. The van der Waals surface area contributed by atoms with Gasteiger partial charge in [0.2, 0.25) is 17.7 Å². The Morgan fingerprint density at radius 3 is 2.54 bits per heavy atom. The van der Waals surface area contributed by atoms with Crippen LogP contribution in [-0.2, 0) is 19.2 Å². The number of carboxylic acid groups (broad SMARTS) is 1. The number of carboxylic acids is 1. The molecule has 2 saturated heterocycles. The minimum absolute atomic E-state index is 0.00131. The predicted octanol–water partition coefficient (Wildman–Crippen LogP) is 1.25. The molecule has 2 aliphatic heterocycles. The van der Waals surface area contributed by atoms with Crippen LogP contribution in [0.5, 0.6) is 0 Å². The van der Waals surface area contributed by atoms with E-state index in [1.165, 1.54) is 4.90 Å². The summed E-state index contributed by atoms with van der Waals surface area (Å²) in [5, 5.41) is 12.2. The lowest BCUT2D eigenvalue weighted by Crippen LogP contribution is -2.57. The fourth-order valence-electron chi connectivity index (χ4n) is 4.31. The van der Waals surface area contributed by atoms with Gasteiger partial charge in [0.1, 0.15) is 6.42 Å². The third-order valence-electron chi connectivity index (χ3n) is 5.96. The number of hydrogen-bond donors (Lipinski definition) is 2. The number of nitrogens with one attached hydrogen (secondary N) is 1. The van der Waals surface area contributed by atoms with Gasteiger partial charge in [0.25, 0.3) is 0 Å². The van der Waals surface area contributed by atoms with Gasteiger partial charge in [0, 0.05) is 32.2 Å². The van der Waals surface area contributed by atoms with Gasteiger partial charge in [-0.3, -0.25) is 19.2 Å². The molecule has 0 radical (unpaired) electrons. The molecule has 1 spiro atoms. The molecule has 2 N–H and O–H groups in total. The van der Waals surface area contributed by atoms with Crippen molar-refractivity contribution < 1.29 is 24.3 Å². The van der Waals surface area contributed by atoms with E-state index < -0.39 is 17.4 Å². The molecule has 28 heavy (non-hydrogen) atoms. The summed E-state index contributed by atoms with van der Waals surface area (Å²) >= 11 is 0. The first-order chi connectivity index (χ1) is 13.2. The molecule has 3 amide bonds. The van der Waals surface area contributed by atoms with Crippen LogP contribution in [-0.4, -0.2) is 64.3 Å². The monoisotopic (exact) mass is 387 g/mol. The molecule has 150 valence electrons. The molecule has 2 fully saturated rings. The van der Waals surface area contributed by atoms with Gasteiger partial charge in [-0.25, -0.2) is 0 Å². The summed E-state index contributed by atoms with van der Waals surface area (Å²) in [6.45, 7) is 2.58. The molecule has 2 heterocycles. The molecule has 8 heteroatoms. The number of aryl methyl sites for hydroxylation is 1. The Hall–Kier alpha value is -2.90. The van der Waals surface area contributed by atoms with Crippen molar-refractivity contribution in [3.63, 3.8) is 0 Å². The number of piperidine rings is 1. The zero-order valence-corrected chi connectivity index (χ0v) is 16.1. The van der Waals surface area contributed by atoms with Gasteiger partial charge in [0.15, 0.2) is 0 Å². The lowest BCUT2D eigenvalue weighted by atomic mass is 9.77. The van der Waals surface area contributed by atoms with Crippen molar-refractivity contribution in [3.8, 4) is 0 Å². The molecule has 1 unspecified atom stereocenters. The van der Waals surface area contributed by atoms with Crippen LogP contribution >= 0.6 is 0 Å². The number of anilines is 1. The molecule has 8 nitrogen and oxygen atoms in total. The molecular weight excluding hydrogens is 362 g/mol. The molecule has 0 aliphatic carbocycles. The predicted molar refractivity (Wildman–Crippen MR) is 101 cm³/mol. The van der Waals surface area contributed by atoms with E-state index in [-0.39, 0.29) is 30.6 Å². The quantitative estimate of drug-likeness (QED) is 0.756. The topological polar surface area (TPSA) is 107 Å². The average molecular weight is 387 g/mol. The maximum atomic E-state index is 12.5. The van der Waals surface area contributed by atoms with Crippen LogP contribution in [0.3, 0.4) is 0 Å². The molecule has 1 aromatic rings. The summed E-state index contributed by atoms with van der Waals surface area (Å²) in [7, 11) is 1.64. The summed E-state index contributed by atoms with van der Waals surface area (Å²) in [6.07, 6.45) is 0.533. The Morgan fingerprint density at radius 1 is 1.25 bits per heavy atom. The van der Waals surface area contributed by atoms with E-state index in [4.69, 9.17) is 0 Å². The van der Waals surface area contributed by atoms with E-state index in [1.807, 2.05) is 25.1 Å². The fraction of sp³-hybridized carbons (Fsp3) is 0.500. The van der Waals surface area contributed by atoms with Gasteiger partial charge in [-0.1, -0.05) is 12.1 Å². The standard InChI is InChI=1S/C20H25N3O5/c1-13-4-3-5-14(10-13)21-16(24)12-18(26)23-8-6-20(7-9-23)15(19(27)28)11-17(25)22(20)2/h3-5,10,15H,6-9,11-12H2,1-2H3,(H,21,24)(H,27,28). The Labute approximate surface area is 163 Å². The lowest BCUT2D eigenvalue weighted by molar-refractivity contribution is -0.147. The summed E-state index contributed by atoms with van der Waals surface area (Å²) < 4.78 is 0. The van der Waals surface area contributed by atoms with Crippen LogP contribution in [0.25, 0.3) is 0 Å². The van der Waals surface area contributed by atoms with Crippen molar-refractivity contribution in [2.24, 2.45) is 5.92 Å². The first-order valence-corrected chi connectivity index (χ1v) is 9.37. The fourth-order valence-corrected chi connectivity index (χ4v) is 4.31. The summed E-state index contributed by atoms with van der Waals surface area (Å²) in [5.74, 6) is -2.59. The van der Waals surface area contributed by atoms with Gasteiger partial charge < -0.3 is 20.2 Å². The summed E-state index contributed by atoms with van der Waals surface area (Å²) in [4.78, 5) is 51.5. The van der Waals surface area contributed by atoms with Gasteiger partial charge in [-0.05, 0) is 37.5 Å². The van der Waals surface area contributed by atoms with Crippen molar-refractivity contribution in [2.45, 2.75) is 38.1 Å². The van der Waals surface area contributed by atoms with Gasteiger partial charge >= 0.3 is 5.97 Å². The Balaban J connectivity index is 1.58. The highest BCUT2D eigenvalue weighted by atomic mass is 16.4. The highest BCUT2D eigenvalue weighted by Gasteiger charge is 2.55. The smallest absolute Gasteiger partial charge is 0.309 e. The molecule has 0 bridgehead atoms. The van der Waals surface area contributed by atoms with Crippen molar-refractivity contribution in [1.82, 2.24) is 9.80 Å². The van der Waals surface area contributed by atoms with Crippen LogP contribution in [0, 0.1) is 12.8 Å². The first kappa shape index (κ1) is 19.9. The largest absolute Gasteiger partial charge is 0.481 e. The molecule has 3 rings (SSSR count). The Kier molecular flexibility index (Phi) is 5.40. The normalized spacial score (nSPS) is 21.1. The van der Waals surface area contributed by atoms with Crippen molar-refractivity contribution in [3.05, 3.63) is 29.8 Å². The molecule has 1 atom stereocenters. The third-order valence-corrected chi connectivity index (χ3v) is 5.96. The number of carbonyl (C=O) groups excluding carboxylic acids is 3. The Morgan fingerprint density at radius 2 is 1.93 bits per heavy atom. The number of nitrogens with zero attached hydrogens (tertiary/aromatic N) is 2. The van der Waals surface area contributed by atoms with Crippen LogP contribution in [0.4, 0.5) is 5.69 Å². The number of benzene rings is 1. The molecule has 1 aromatic carbocycles. The third kappa shape index (κ3) is 3.72. The van der Waals surface area contributed by atoms with E-state index >= 15 is 0 Å². The second-order valence-electron chi connectivity index (χ2n) is 7.63. The number of aliphatic carboxylic acids is 1. The Bertz CT molecular complexity index is 814. The highest BCUT2D eigenvalue weighted by molar-refractivity contribution is 6.03. The van der Waals surface area contributed by atoms with E-state index in [1.54, 1.807) is 18.0 Å². The van der Waals surface area contributed by atoms with Crippen LogP contribution in [0.2, 0.25) is 0 Å². The molecule has 0 aromatic heterocycles. The molecule has 2 aliphatic rings. The summed E-state index contributed by atoms with van der Waals surface area (Å²) in [5.41, 5.74) is 0.906. The maximum Gasteiger partial charge on any atom is 0.309 e. The summed E-state index contributed by atoms with van der Waals surface area (Å²) in [6, 6.07) is 7.33. The number of hydrogen-bond acceptors (Lipinski definition) is 4. The van der Waals surface area contributed by atoms with E-state index in [9.17, 15) is 24.3 Å². The van der Waals surface area contributed by atoms with Gasteiger partial charge in [-0.15, -0.1) is 0 Å². The zero-order chi connectivity index (χ0) is 20.5. The lowest BCUT2D eigenvalue weighted by Gasteiger charge is -2.45. The van der Waals surface area contributed by atoms with Gasteiger partial charge in [-0.2, -0.15) is 0 Å². The van der Waals surface area contributed by atoms with Crippen molar-refractivity contribution in [2.75, 3.05) is 25.5 Å². The second kappa shape index (κ2) is 7.61. The first-order valence-electron chi connectivity index (χ1n) is 9.37. The number of rotatable bonds is 4. The van der Waals surface area contributed by atoms with Crippen LogP contribution in [0.1, 0.15) is 31.2 Å². The SMILES string of the molecule is Cc1cccc(NC(=O)CC(=O)N2CCC3(CC2)C(C(=O)O)CC(=O)N3C)c1. The van der Waals surface area contributed by atoms with E-state index in [0.29, 0.717) is 31.6 Å². The number of likely N-dealkylation sites (tertiary alicyclic amines) is 2. The van der Waals surface area contributed by atoms with Gasteiger partial charge in [0.05, 0.1) is 11.5 Å². The van der Waals surface area contributed by atoms with E-state index in [0.717, 1.165) is 5.56 Å². The van der Waals surface area contributed by atoms with E-state index in [2.05, 4.69) is 5.32 Å².